The number of esters is 1. The highest BCUT2D eigenvalue weighted by Crippen LogP contribution is 2.31. The van der Waals surface area contributed by atoms with Gasteiger partial charge in [-0.15, -0.1) is 0 Å². The van der Waals surface area contributed by atoms with Crippen molar-refractivity contribution in [2.24, 2.45) is 0 Å². The molecule has 2 aromatic rings. The summed E-state index contributed by atoms with van der Waals surface area (Å²) in [6, 6.07) is 12.1. The van der Waals surface area contributed by atoms with Crippen molar-refractivity contribution in [3.8, 4) is 0 Å². The highest BCUT2D eigenvalue weighted by atomic mass is 32.2. The van der Waals surface area contributed by atoms with E-state index in [-0.39, 0.29) is 33.5 Å². The standard InChI is InChI=1S/C19H14F2N2O5S/c20-19(21)29-14-8-4-3-7-13(14)22-15(24)10-28-16(25)9-23-17(26)11-5-1-2-6-12(11)18(23)27/h1-8,19H,9-10H2,(H,22,24). The fraction of sp³-hybridized carbons (Fsp3) is 0.158. The van der Waals surface area contributed by atoms with E-state index < -0.39 is 42.6 Å². The molecule has 1 aliphatic rings. The summed E-state index contributed by atoms with van der Waals surface area (Å²) in [6.07, 6.45) is 0. The summed E-state index contributed by atoms with van der Waals surface area (Å²) >= 11 is 0.270. The molecular formula is C19H14F2N2O5S. The molecule has 0 aromatic heterocycles. The van der Waals surface area contributed by atoms with Crippen LogP contribution in [0.2, 0.25) is 0 Å². The number of fused-ring (bicyclic) bond motifs is 1. The first-order valence-electron chi connectivity index (χ1n) is 8.31. The maximum Gasteiger partial charge on any atom is 0.326 e. The number of nitrogens with zero attached hydrogens (tertiary/aromatic N) is 1. The fourth-order valence-electron chi connectivity index (χ4n) is 2.66. The van der Waals surface area contributed by atoms with E-state index in [1.807, 2.05) is 0 Å². The van der Waals surface area contributed by atoms with Crippen LogP contribution < -0.4 is 5.32 Å². The fourth-order valence-corrected chi connectivity index (χ4v) is 3.25. The van der Waals surface area contributed by atoms with Crippen LogP contribution in [0.15, 0.2) is 53.4 Å². The van der Waals surface area contributed by atoms with Crippen LogP contribution in [-0.4, -0.2) is 47.5 Å². The molecule has 0 radical (unpaired) electrons. The second-order valence-corrected chi connectivity index (χ2v) is 6.86. The molecule has 0 spiro atoms. The quantitative estimate of drug-likeness (QED) is 0.421. The summed E-state index contributed by atoms with van der Waals surface area (Å²) in [5.41, 5.74) is 0.534. The number of para-hydroxylation sites is 1. The summed E-state index contributed by atoms with van der Waals surface area (Å²) in [4.78, 5) is 49.2. The Balaban J connectivity index is 1.54. The van der Waals surface area contributed by atoms with Crippen LogP contribution in [0.25, 0.3) is 0 Å². The van der Waals surface area contributed by atoms with Crippen LogP contribution in [0.1, 0.15) is 20.7 Å². The van der Waals surface area contributed by atoms with Crippen molar-refractivity contribution < 1.29 is 32.7 Å². The van der Waals surface area contributed by atoms with Gasteiger partial charge in [-0.1, -0.05) is 36.0 Å². The smallest absolute Gasteiger partial charge is 0.326 e. The number of nitrogens with one attached hydrogen (secondary N) is 1. The Hall–Kier alpha value is -3.27. The number of hydrogen-bond acceptors (Lipinski definition) is 6. The first-order valence-corrected chi connectivity index (χ1v) is 9.19. The molecule has 0 fully saturated rings. The Labute approximate surface area is 168 Å². The number of rotatable bonds is 7. The van der Waals surface area contributed by atoms with E-state index in [0.717, 1.165) is 4.90 Å². The maximum atomic E-state index is 12.6. The second-order valence-electron chi connectivity index (χ2n) is 5.83. The number of amides is 3. The molecule has 10 heteroatoms. The molecule has 1 aliphatic heterocycles. The van der Waals surface area contributed by atoms with E-state index in [0.29, 0.717) is 0 Å². The summed E-state index contributed by atoms with van der Waals surface area (Å²) in [5, 5.41) is 2.38. The molecular weight excluding hydrogens is 406 g/mol. The van der Waals surface area contributed by atoms with Gasteiger partial charge in [-0.3, -0.25) is 24.1 Å². The van der Waals surface area contributed by atoms with E-state index in [9.17, 15) is 28.0 Å². The lowest BCUT2D eigenvalue weighted by atomic mass is 10.1. The largest absolute Gasteiger partial charge is 0.454 e. The average Bonchev–Trinajstić information content (AvgIpc) is 2.93. The Morgan fingerprint density at radius 2 is 1.59 bits per heavy atom. The third-order valence-electron chi connectivity index (χ3n) is 3.91. The lowest BCUT2D eigenvalue weighted by Crippen LogP contribution is -2.36. The number of alkyl halides is 2. The molecule has 0 aliphatic carbocycles. The Bertz CT molecular complexity index is 948. The van der Waals surface area contributed by atoms with Gasteiger partial charge >= 0.3 is 5.97 Å². The lowest BCUT2D eigenvalue weighted by Gasteiger charge is -2.13. The van der Waals surface area contributed by atoms with Crippen LogP contribution in [0.4, 0.5) is 14.5 Å². The lowest BCUT2D eigenvalue weighted by molar-refractivity contribution is -0.147. The van der Waals surface area contributed by atoms with Crippen molar-refractivity contribution in [3.63, 3.8) is 0 Å². The molecule has 1 heterocycles. The van der Waals surface area contributed by atoms with Crippen LogP contribution in [0, 0.1) is 0 Å². The summed E-state index contributed by atoms with van der Waals surface area (Å²) in [7, 11) is 0. The van der Waals surface area contributed by atoms with Crippen molar-refractivity contribution in [2.45, 2.75) is 10.7 Å². The predicted octanol–water partition coefficient (Wildman–Crippen LogP) is 2.78. The molecule has 0 atom stereocenters. The number of carbonyl (C=O) groups is 4. The number of hydrogen-bond donors (Lipinski definition) is 1. The minimum Gasteiger partial charge on any atom is -0.454 e. The minimum absolute atomic E-state index is 0.152. The number of carbonyl (C=O) groups excluding carboxylic acids is 4. The zero-order valence-corrected chi connectivity index (χ0v) is 15.6. The molecule has 3 rings (SSSR count). The SMILES string of the molecule is O=C(COC(=O)CN1C(=O)c2ccccc2C1=O)Nc1ccccc1SC(F)F. The van der Waals surface area contributed by atoms with Gasteiger partial charge < -0.3 is 10.1 Å². The Kier molecular flexibility index (Phi) is 6.23. The molecule has 0 bridgehead atoms. The number of benzene rings is 2. The van der Waals surface area contributed by atoms with Gasteiger partial charge in [0.05, 0.1) is 16.8 Å². The topological polar surface area (TPSA) is 92.8 Å². The summed E-state index contributed by atoms with van der Waals surface area (Å²) in [6.45, 7) is -1.34. The van der Waals surface area contributed by atoms with Crippen LogP contribution >= 0.6 is 11.8 Å². The number of thioether (sulfide) groups is 1. The summed E-state index contributed by atoms with van der Waals surface area (Å²) < 4.78 is 29.9. The third-order valence-corrected chi connectivity index (χ3v) is 4.69. The van der Waals surface area contributed by atoms with Crippen LogP contribution in [-0.2, 0) is 14.3 Å². The first-order chi connectivity index (χ1) is 13.9. The molecule has 0 saturated heterocycles. The number of imide groups is 1. The van der Waals surface area contributed by atoms with Gasteiger partial charge in [-0.05, 0) is 24.3 Å². The molecule has 7 nitrogen and oxygen atoms in total. The number of halogens is 2. The van der Waals surface area contributed by atoms with E-state index in [1.165, 1.54) is 24.3 Å². The molecule has 1 N–H and O–H groups in total. The average molecular weight is 420 g/mol. The van der Waals surface area contributed by atoms with E-state index in [1.54, 1.807) is 24.3 Å². The number of ether oxygens (including phenoxy) is 1. The van der Waals surface area contributed by atoms with Crippen molar-refractivity contribution in [1.29, 1.82) is 0 Å². The molecule has 150 valence electrons. The van der Waals surface area contributed by atoms with Gasteiger partial charge in [-0.2, -0.15) is 8.78 Å². The summed E-state index contributed by atoms with van der Waals surface area (Å²) in [5.74, 6) is -5.60. The normalized spacial score (nSPS) is 12.9. The van der Waals surface area contributed by atoms with Crippen LogP contribution in [0.5, 0.6) is 0 Å². The first kappa shape index (κ1) is 20.5. The van der Waals surface area contributed by atoms with E-state index >= 15 is 0 Å². The van der Waals surface area contributed by atoms with Crippen LogP contribution in [0.3, 0.4) is 0 Å². The molecule has 0 unspecified atom stereocenters. The highest BCUT2D eigenvalue weighted by Gasteiger charge is 2.36. The highest BCUT2D eigenvalue weighted by molar-refractivity contribution is 7.99. The predicted molar refractivity (Wildman–Crippen MR) is 99.7 cm³/mol. The Morgan fingerprint density at radius 3 is 2.21 bits per heavy atom. The van der Waals surface area contributed by atoms with E-state index in [4.69, 9.17) is 4.74 Å². The Morgan fingerprint density at radius 1 is 1.00 bits per heavy atom. The van der Waals surface area contributed by atoms with Gasteiger partial charge in [0.2, 0.25) is 0 Å². The molecule has 0 saturated carbocycles. The van der Waals surface area contributed by atoms with Gasteiger partial charge in [0, 0.05) is 4.90 Å². The second kappa shape index (κ2) is 8.82. The molecule has 2 aromatic carbocycles. The monoisotopic (exact) mass is 420 g/mol. The van der Waals surface area contributed by atoms with Gasteiger partial charge in [0.1, 0.15) is 6.54 Å². The molecule has 29 heavy (non-hydrogen) atoms. The van der Waals surface area contributed by atoms with Gasteiger partial charge in [-0.25, -0.2) is 0 Å². The van der Waals surface area contributed by atoms with Crippen molar-refractivity contribution in [3.05, 3.63) is 59.7 Å². The minimum atomic E-state index is -2.66. The molecule has 3 amide bonds. The van der Waals surface area contributed by atoms with E-state index in [2.05, 4.69) is 5.32 Å². The van der Waals surface area contributed by atoms with Crippen molar-refractivity contribution in [1.82, 2.24) is 4.90 Å². The third kappa shape index (κ3) is 4.77. The van der Waals surface area contributed by atoms with Gasteiger partial charge in [0.25, 0.3) is 23.5 Å². The zero-order chi connectivity index (χ0) is 21.0. The van der Waals surface area contributed by atoms with Crippen molar-refractivity contribution >= 4 is 41.1 Å². The van der Waals surface area contributed by atoms with Gasteiger partial charge in [0.15, 0.2) is 6.61 Å². The zero-order valence-electron chi connectivity index (χ0n) is 14.8. The van der Waals surface area contributed by atoms with Crippen molar-refractivity contribution in [2.75, 3.05) is 18.5 Å². The number of anilines is 1. The maximum absolute atomic E-state index is 12.6.